The van der Waals surface area contributed by atoms with Crippen LogP contribution in [-0.4, -0.2) is 82.8 Å². The highest BCUT2D eigenvalue weighted by atomic mass is 32.2. The minimum absolute atomic E-state index is 0.000642. The molecule has 1 atom stereocenters. The van der Waals surface area contributed by atoms with Crippen molar-refractivity contribution < 1.29 is 22.7 Å². The summed E-state index contributed by atoms with van der Waals surface area (Å²) in [7, 11) is -1.54. The Bertz CT molecular complexity index is 787. The van der Waals surface area contributed by atoms with Crippen molar-refractivity contribution in [1.29, 1.82) is 0 Å². The van der Waals surface area contributed by atoms with E-state index in [1.54, 1.807) is 7.11 Å². The largest absolute Gasteiger partial charge is 0.497 e. The monoisotopic (exact) mass is 425 g/mol. The number of hydrogen-bond acceptors (Lipinski definition) is 6. The van der Waals surface area contributed by atoms with Gasteiger partial charge in [-0.15, -0.1) is 0 Å². The van der Waals surface area contributed by atoms with Crippen LogP contribution in [0.5, 0.6) is 5.75 Å². The van der Waals surface area contributed by atoms with E-state index in [9.17, 15) is 13.2 Å². The van der Waals surface area contributed by atoms with Crippen molar-refractivity contribution in [3.8, 4) is 5.75 Å². The van der Waals surface area contributed by atoms with Crippen LogP contribution in [0.2, 0.25) is 0 Å². The van der Waals surface area contributed by atoms with Crippen molar-refractivity contribution >= 4 is 15.9 Å². The molecule has 0 bridgehead atoms. The fourth-order valence-corrected chi connectivity index (χ4v) is 4.86. The Balaban J connectivity index is 1.63. The van der Waals surface area contributed by atoms with Crippen LogP contribution >= 0.6 is 0 Å². The fourth-order valence-electron chi connectivity index (χ4n) is 3.99. The summed E-state index contributed by atoms with van der Waals surface area (Å²) in [5, 5.41) is 3.11. The molecule has 0 saturated carbocycles. The van der Waals surface area contributed by atoms with Gasteiger partial charge < -0.3 is 14.8 Å². The van der Waals surface area contributed by atoms with Crippen LogP contribution in [0.15, 0.2) is 24.3 Å². The van der Waals surface area contributed by atoms with Gasteiger partial charge in [-0.05, 0) is 30.5 Å². The predicted molar refractivity (Wildman–Crippen MR) is 110 cm³/mol. The van der Waals surface area contributed by atoms with Crippen molar-refractivity contribution in [3.05, 3.63) is 29.8 Å². The summed E-state index contributed by atoms with van der Waals surface area (Å²) in [6.45, 7) is 4.28. The van der Waals surface area contributed by atoms with Gasteiger partial charge in [-0.2, -0.15) is 0 Å². The van der Waals surface area contributed by atoms with E-state index in [4.69, 9.17) is 9.47 Å². The van der Waals surface area contributed by atoms with Crippen molar-refractivity contribution in [2.45, 2.75) is 18.9 Å². The van der Waals surface area contributed by atoms with E-state index in [1.165, 1.54) is 10.6 Å². The minimum Gasteiger partial charge on any atom is -0.497 e. The highest BCUT2D eigenvalue weighted by molar-refractivity contribution is 7.88. The van der Waals surface area contributed by atoms with E-state index >= 15 is 0 Å². The quantitative estimate of drug-likeness (QED) is 0.697. The normalized spacial score (nSPS) is 20.9. The lowest BCUT2D eigenvalue weighted by molar-refractivity contribution is -0.126. The summed E-state index contributed by atoms with van der Waals surface area (Å²) in [4.78, 5) is 15.1. The third-order valence-electron chi connectivity index (χ3n) is 5.73. The first-order valence-corrected chi connectivity index (χ1v) is 11.9. The summed E-state index contributed by atoms with van der Waals surface area (Å²) in [6.07, 6.45) is 2.33. The molecule has 2 heterocycles. The number of carbonyl (C=O) groups excluding carboxylic acids is 1. The van der Waals surface area contributed by atoms with E-state index in [0.29, 0.717) is 45.7 Å². The second kappa shape index (κ2) is 9.88. The molecule has 0 radical (unpaired) electrons. The Labute approximate surface area is 173 Å². The maximum Gasteiger partial charge on any atom is 0.223 e. The fraction of sp³-hybridized carbons (Fsp3) is 0.650. The molecular weight excluding hydrogens is 394 g/mol. The molecule has 2 fully saturated rings. The van der Waals surface area contributed by atoms with Crippen LogP contribution < -0.4 is 10.1 Å². The molecule has 0 aromatic heterocycles. The number of morpholine rings is 1. The lowest BCUT2D eigenvalue weighted by Gasteiger charge is -2.35. The number of carbonyl (C=O) groups is 1. The molecule has 0 aliphatic carbocycles. The van der Waals surface area contributed by atoms with Crippen LogP contribution in [0.1, 0.15) is 24.4 Å². The second-order valence-electron chi connectivity index (χ2n) is 7.62. The number of rotatable bonds is 7. The average Bonchev–Trinajstić information content (AvgIpc) is 2.74. The molecule has 9 heteroatoms. The topological polar surface area (TPSA) is 88.2 Å². The van der Waals surface area contributed by atoms with E-state index in [1.807, 2.05) is 18.2 Å². The first-order chi connectivity index (χ1) is 13.9. The van der Waals surface area contributed by atoms with Crippen LogP contribution in [0.4, 0.5) is 0 Å². The second-order valence-corrected chi connectivity index (χ2v) is 9.60. The zero-order valence-electron chi connectivity index (χ0n) is 17.2. The summed E-state index contributed by atoms with van der Waals surface area (Å²) < 4.78 is 35.6. The predicted octanol–water partition coefficient (Wildman–Crippen LogP) is 0.856. The van der Waals surface area contributed by atoms with Gasteiger partial charge in [0, 0.05) is 38.6 Å². The number of hydrogen-bond donors (Lipinski definition) is 1. The lowest BCUT2D eigenvalue weighted by atomic mass is 9.96. The van der Waals surface area contributed by atoms with Gasteiger partial charge in [-0.1, -0.05) is 12.1 Å². The molecule has 0 unspecified atom stereocenters. The Morgan fingerprint density at radius 2 is 1.93 bits per heavy atom. The average molecular weight is 426 g/mol. The molecule has 29 heavy (non-hydrogen) atoms. The number of nitrogens with zero attached hydrogens (tertiary/aromatic N) is 2. The Morgan fingerprint density at radius 3 is 2.55 bits per heavy atom. The summed E-state index contributed by atoms with van der Waals surface area (Å²) >= 11 is 0. The number of methoxy groups -OCH3 is 1. The molecule has 1 aromatic carbocycles. The number of amides is 1. The minimum atomic E-state index is -3.19. The molecule has 2 saturated heterocycles. The summed E-state index contributed by atoms with van der Waals surface area (Å²) in [6, 6.07) is 7.98. The Morgan fingerprint density at radius 1 is 1.24 bits per heavy atom. The summed E-state index contributed by atoms with van der Waals surface area (Å²) in [5.41, 5.74) is 1.10. The first-order valence-electron chi connectivity index (χ1n) is 10.1. The van der Waals surface area contributed by atoms with Gasteiger partial charge in [0.2, 0.25) is 15.9 Å². The molecule has 2 aliphatic rings. The standard InChI is InChI=1S/C20H31N3O5S/c1-27-18-5-3-4-17(14-18)19(22-10-12-28-13-11-22)15-21-20(24)16-6-8-23(9-7-16)29(2,25)26/h3-5,14,16,19H,6-13,15H2,1-2H3,(H,21,24)/t19-/m1/s1. The third kappa shape index (κ3) is 5.91. The van der Waals surface area contributed by atoms with E-state index in [-0.39, 0.29) is 17.9 Å². The number of sulfonamides is 1. The van der Waals surface area contributed by atoms with Gasteiger partial charge in [0.05, 0.1) is 32.6 Å². The number of ether oxygens (including phenoxy) is 2. The third-order valence-corrected chi connectivity index (χ3v) is 7.03. The maximum absolute atomic E-state index is 12.7. The van der Waals surface area contributed by atoms with Gasteiger partial charge in [-0.25, -0.2) is 12.7 Å². The molecule has 3 rings (SSSR count). The van der Waals surface area contributed by atoms with Gasteiger partial charge in [0.15, 0.2) is 0 Å². The lowest BCUT2D eigenvalue weighted by Crippen LogP contribution is -2.46. The summed E-state index contributed by atoms with van der Waals surface area (Å²) in [5.74, 6) is 0.642. The van der Waals surface area contributed by atoms with Crippen LogP contribution in [-0.2, 0) is 19.6 Å². The Kier molecular flexibility index (Phi) is 7.50. The highest BCUT2D eigenvalue weighted by Gasteiger charge is 2.30. The molecule has 1 N–H and O–H groups in total. The Hall–Kier alpha value is -1.68. The van der Waals surface area contributed by atoms with Crippen molar-refractivity contribution in [3.63, 3.8) is 0 Å². The number of nitrogens with one attached hydrogen (secondary N) is 1. The number of benzene rings is 1. The van der Waals surface area contributed by atoms with Gasteiger partial charge in [-0.3, -0.25) is 9.69 Å². The smallest absolute Gasteiger partial charge is 0.223 e. The molecule has 162 valence electrons. The van der Waals surface area contributed by atoms with Crippen LogP contribution in [0, 0.1) is 5.92 Å². The highest BCUT2D eigenvalue weighted by Crippen LogP contribution is 2.25. The van der Waals surface area contributed by atoms with Crippen molar-refractivity contribution in [2.24, 2.45) is 5.92 Å². The van der Waals surface area contributed by atoms with Crippen LogP contribution in [0.25, 0.3) is 0 Å². The van der Waals surface area contributed by atoms with Crippen molar-refractivity contribution in [1.82, 2.24) is 14.5 Å². The van der Waals surface area contributed by atoms with E-state index in [2.05, 4.69) is 16.3 Å². The van der Waals surface area contributed by atoms with E-state index in [0.717, 1.165) is 24.4 Å². The molecular formula is C20H31N3O5S. The number of piperidine rings is 1. The van der Waals surface area contributed by atoms with Crippen molar-refractivity contribution in [2.75, 3.05) is 59.3 Å². The molecule has 1 aromatic rings. The maximum atomic E-state index is 12.7. The molecule has 8 nitrogen and oxygen atoms in total. The zero-order valence-corrected chi connectivity index (χ0v) is 18.0. The molecule has 0 spiro atoms. The van der Waals surface area contributed by atoms with E-state index < -0.39 is 10.0 Å². The van der Waals surface area contributed by atoms with Crippen LogP contribution in [0.3, 0.4) is 0 Å². The first kappa shape index (κ1) is 22.0. The molecule has 1 amide bonds. The SMILES string of the molecule is COc1cccc([C@@H](CNC(=O)C2CCN(S(C)(=O)=O)CC2)N2CCOCC2)c1. The van der Waals surface area contributed by atoms with Gasteiger partial charge in [0.1, 0.15) is 5.75 Å². The molecule has 2 aliphatic heterocycles. The van der Waals surface area contributed by atoms with Gasteiger partial charge >= 0.3 is 0 Å². The van der Waals surface area contributed by atoms with Gasteiger partial charge in [0.25, 0.3) is 0 Å². The zero-order chi connectivity index (χ0) is 20.9.